The van der Waals surface area contributed by atoms with Gasteiger partial charge in [-0.1, -0.05) is 44.2 Å². The maximum atomic E-state index is 5.56. The molecule has 1 aromatic rings. The van der Waals surface area contributed by atoms with Gasteiger partial charge in [-0.2, -0.15) is 0 Å². The number of nitrogens with zero attached hydrogens (tertiary/aromatic N) is 1. The third-order valence-electron chi connectivity index (χ3n) is 3.09. The summed E-state index contributed by atoms with van der Waals surface area (Å²) in [4.78, 5) is 4.25. The fraction of sp³-hybridized carbons (Fsp3) is 0.588. The first kappa shape index (κ1) is 21.2. The lowest BCUT2D eigenvalue weighted by molar-refractivity contribution is 0.108. The fourth-order valence-electron chi connectivity index (χ4n) is 1.92. The van der Waals surface area contributed by atoms with E-state index in [2.05, 4.69) is 60.7 Å². The highest BCUT2D eigenvalue weighted by atomic mass is 127. The van der Waals surface area contributed by atoms with Crippen LogP contribution in [0, 0.1) is 5.92 Å². The second-order valence-electron chi connectivity index (χ2n) is 5.60. The summed E-state index contributed by atoms with van der Waals surface area (Å²) in [6.07, 6.45) is 0.979. The number of guanidine groups is 1. The van der Waals surface area contributed by atoms with Crippen LogP contribution in [0.4, 0.5) is 0 Å². The van der Waals surface area contributed by atoms with E-state index in [0.717, 1.165) is 32.1 Å². The van der Waals surface area contributed by atoms with Gasteiger partial charge in [0, 0.05) is 26.8 Å². The fourth-order valence-corrected chi connectivity index (χ4v) is 1.92. The molecule has 0 bridgehead atoms. The van der Waals surface area contributed by atoms with E-state index >= 15 is 0 Å². The van der Waals surface area contributed by atoms with Crippen LogP contribution in [0.2, 0.25) is 0 Å². The van der Waals surface area contributed by atoms with E-state index in [1.807, 2.05) is 6.07 Å². The summed E-state index contributed by atoms with van der Waals surface area (Å²) >= 11 is 0. The first-order valence-corrected chi connectivity index (χ1v) is 7.73. The highest BCUT2D eigenvalue weighted by Crippen LogP contribution is 2.10. The minimum absolute atomic E-state index is 0. The molecule has 2 N–H and O–H groups in total. The monoisotopic (exact) mass is 419 g/mol. The summed E-state index contributed by atoms with van der Waals surface area (Å²) in [6.45, 7) is 8.94. The zero-order chi connectivity index (χ0) is 15.5. The number of nitrogens with one attached hydrogen (secondary N) is 2. The molecule has 0 aliphatic rings. The van der Waals surface area contributed by atoms with Gasteiger partial charge in [0.1, 0.15) is 0 Å². The predicted molar refractivity (Wildman–Crippen MR) is 105 cm³/mol. The minimum atomic E-state index is 0. The zero-order valence-corrected chi connectivity index (χ0v) is 16.5. The summed E-state index contributed by atoms with van der Waals surface area (Å²) in [5.74, 6) is 1.43. The van der Waals surface area contributed by atoms with Crippen LogP contribution in [-0.4, -0.2) is 32.8 Å². The van der Waals surface area contributed by atoms with Crippen molar-refractivity contribution in [2.24, 2.45) is 10.9 Å². The molecule has 1 aromatic carbocycles. The van der Waals surface area contributed by atoms with E-state index in [1.54, 1.807) is 7.05 Å². The molecule has 0 saturated carbocycles. The molecule has 1 atom stereocenters. The maximum Gasteiger partial charge on any atom is 0.191 e. The molecular formula is C17H30IN3O. The molecule has 0 aromatic heterocycles. The maximum absolute atomic E-state index is 5.56. The van der Waals surface area contributed by atoms with Gasteiger partial charge in [0.2, 0.25) is 0 Å². The lowest BCUT2D eigenvalue weighted by Crippen LogP contribution is -2.39. The van der Waals surface area contributed by atoms with Crippen molar-refractivity contribution in [3.05, 3.63) is 35.9 Å². The van der Waals surface area contributed by atoms with Crippen LogP contribution in [0.15, 0.2) is 35.3 Å². The van der Waals surface area contributed by atoms with E-state index in [1.165, 1.54) is 5.56 Å². The van der Waals surface area contributed by atoms with Crippen molar-refractivity contribution in [1.29, 1.82) is 0 Å². The van der Waals surface area contributed by atoms with Crippen LogP contribution in [0.3, 0.4) is 0 Å². The number of rotatable bonds is 8. The molecule has 0 saturated heterocycles. The van der Waals surface area contributed by atoms with Crippen LogP contribution < -0.4 is 10.6 Å². The molecule has 0 amide bonds. The molecule has 1 unspecified atom stereocenters. The Bertz CT molecular complexity index is 410. The van der Waals surface area contributed by atoms with Crippen LogP contribution in [-0.2, 0) is 4.74 Å². The van der Waals surface area contributed by atoms with E-state index in [-0.39, 0.29) is 30.0 Å². The van der Waals surface area contributed by atoms with E-state index in [0.29, 0.717) is 5.92 Å². The molecule has 5 heteroatoms. The Balaban J connectivity index is 0.00000441. The van der Waals surface area contributed by atoms with Gasteiger partial charge in [-0.05, 0) is 24.8 Å². The number of ether oxygens (including phenoxy) is 1. The first-order chi connectivity index (χ1) is 10.1. The predicted octanol–water partition coefficient (Wildman–Crippen LogP) is 3.59. The molecule has 0 radical (unpaired) electrons. The molecule has 0 aliphatic carbocycles. The molecule has 126 valence electrons. The SMILES string of the molecule is CN=C(NCCCOCC(C)C)NC(C)c1ccccc1.I. The van der Waals surface area contributed by atoms with Gasteiger partial charge in [-0.25, -0.2) is 0 Å². The van der Waals surface area contributed by atoms with Crippen LogP contribution in [0.1, 0.15) is 38.8 Å². The second-order valence-corrected chi connectivity index (χ2v) is 5.60. The summed E-state index contributed by atoms with van der Waals surface area (Å²) in [5, 5.41) is 6.71. The summed E-state index contributed by atoms with van der Waals surface area (Å²) < 4.78 is 5.56. The van der Waals surface area contributed by atoms with Crippen LogP contribution in [0.5, 0.6) is 0 Å². The van der Waals surface area contributed by atoms with Crippen molar-refractivity contribution in [3.8, 4) is 0 Å². The smallest absolute Gasteiger partial charge is 0.191 e. The van der Waals surface area contributed by atoms with Crippen molar-refractivity contribution in [2.45, 2.75) is 33.2 Å². The molecule has 0 spiro atoms. The first-order valence-electron chi connectivity index (χ1n) is 7.73. The molecule has 0 fully saturated rings. The normalized spacial score (nSPS) is 12.7. The van der Waals surface area contributed by atoms with E-state index < -0.39 is 0 Å². The van der Waals surface area contributed by atoms with E-state index in [9.17, 15) is 0 Å². The molecule has 0 heterocycles. The highest BCUT2D eigenvalue weighted by Gasteiger charge is 2.06. The third-order valence-corrected chi connectivity index (χ3v) is 3.09. The number of benzene rings is 1. The molecule has 1 rings (SSSR count). The highest BCUT2D eigenvalue weighted by molar-refractivity contribution is 14.0. The lowest BCUT2D eigenvalue weighted by atomic mass is 10.1. The average Bonchev–Trinajstić information content (AvgIpc) is 2.49. The van der Waals surface area contributed by atoms with E-state index in [4.69, 9.17) is 4.74 Å². The largest absolute Gasteiger partial charge is 0.381 e. The summed E-state index contributed by atoms with van der Waals surface area (Å²) in [5.41, 5.74) is 1.25. The summed E-state index contributed by atoms with van der Waals surface area (Å²) in [6, 6.07) is 10.6. The van der Waals surface area contributed by atoms with Crippen molar-refractivity contribution in [3.63, 3.8) is 0 Å². The van der Waals surface area contributed by atoms with Crippen molar-refractivity contribution < 1.29 is 4.74 Å². The van der Waals surface area contributed by atoms with Gasteiger partial charge >= 0.3 is 0 Å². The third kappa shape index (κ3) is 9.25. The second kappa shape index (κ2) is 12.7. The molecular weight excluding hydrogens is 389 g/mol. The summed E-state index contributed by atoms with van der Waals surface area (Å²) in [7, 11) is 1.79. The van der Waals surface area contributed by atoms with Gasteiger partial charge in [-0.3, -0.25) is 4.99 Å². The van der Waals surface area contributed by atoms with Gasteiger partial charge in [0.05, 0.1) is 6.04 Å². The quantitative estimate of drug-likeness (QED) is 0.293. The Kier molecular flexibility index (Phi) is 12.2. The van der Waals surface area contributed by atoms with Gasteiger partial charge in [0.15, 0.2) is 5.96 Å². The van der Waals surface area contributed by atoms with Crippen LogP contribution in [0.25, 0.3) is 0 Å². The average molecular weight is 419 g/mol. The standard InChI is InChI=1S/C17H29N3O.HI/c1-14(2)13-21-12-8-11-19-17(18-4)20-15(3)16-9-6-5-7-10-16;/h5-7,9-10,14-15H,8,11-13H2,1-4H3,(H2,18,19,20);1H. The molecule has 22 heavy (non-hydrogen) atoms. The lowest BCUT2D eigenvalue weighted by Gasteiger charge is -2.18. The minimum Gasteiger partial charge on any atom is -0.381 e. The Morgan fingerprint density at radius 2 is 1.86 bits per heavy atom. The Morgan fingerprint density at radius 1 is 1.18 bits per heavy atom. The number of hydrogen-bond acceptors (Lipinski definition) is 2. The Hall–Kier alpha value is -0.820. The Morgan fingerprint density at radius 3 is 2.45 bits per heavy atom. The van der Waals surface area contributed by atoms with Crippen molar-refractivity contribution in [1.82, 2.24) is 10.6 Å². The van der Waals surface area contributed by atoms with Gasteiger partial charge in [-0.15, -0.1) is 24.0 Å². The topological polar surface area (TPSA) is 45.7 Å². The van der Waals surface area contributed by atoms with Gasteiger partial charge < -0.3 is 15.4 Å². The van der Waals surface area contributed by atoms with Crippen molar-refractivity contribution >= 4 is 29.9 Å². The number of halogens is 1. The van der Waals surface area contributed by atoms with Gasteiger partial charge in [0.25, 0.3) is 0 Å². The van der Waals surface area contributed by atoms with Crippen molar-refractivity contribution in [2.75, 3.05) is 26.8 Å². The number of aliphatic imine (C=N–C) groups is 1. The molecule has 0 aliphatic heterocycles. The van der Waals surface area contributed by atoms with Crippen LogP contribution >= 0.6 is 24.0 Å². The zero-order valence-electron chi connectivity index (χ0n) is 14.1. The Labute approximate surface area is 152 Å². The number of hydrogen-bond donors (Lipinski definition) is 2. The molecule has 4 nitrogen and oxygen atoms in total.